The standard InChI is InChI=1S/C24H47NO3/c1-4-6-8-10-12-14-16-18-20-25(24(27)22-28-23(3)26)21-19-17-15-13-11-9-7-5-2/h4-22H2,1-3H3. The number of hydrogen-bond acceptors (Lipinski definition) is 3. The lowest BCUT2D eigenvalue weighted by Crippen LogP contribution is -2.36. The van der Waals surface area contributed by atoms with Crippen molar-refractivity contribution in [2.24, 2.45) is 0 Å². The van der Waals surface area contributed by atoms with Gasteiger partial charge in [-0.3, -0.25) is 9.59 Å². The fourth-order valence-electron chi connectivity index (χ4n) is 3.49. The molecule has 0 aromatic rings. The maximum absolute atomic E-state index is 12.4. The monoisotopic (exact) mass is 397 g/mol. The highest BCUT2D eigenvalue weighted by atomic mass is 16.5. The Labute approximate surface area is 174 Å². The molecule has 28 heavy (non-hydrogen) atoms. The second kappa shape index (κ2) is 20.7. The molecule has 0 aliphatic rings. The molecule has 4 nitrogen and oxygen atoms in total. The molecule has 0 heterocycles. The molecule has 0 aromatic heterocycles. The third-order valence-corrected chi connectivity index (χ3v) is 5.31. The third-order valence-electron chi connectivity index (χ3n) is 5.31. The minimum Gasteiger partial charge on any atom is -0.456 e. The SMILES string of the molecule is CCCCCCCCCCN(CCCCCCCCCC)C(=O)COC(C)=O. The lowest BCUT2D eigenvalue weighted by molar-refractivity contribution is -0.150. The first-order valence-corrected chi connectivity index (χ1v) is 12.0. The summed E-state index contributed by atoms with van der Waals surface area (Å²) in [5.74, 6) is -0.423. The molecule has 0 N–H and O–H groups in total. The first-order valence-electron chi connectivity index (χ1n) is 12.0. The van der Waals surface area contributed by atoms with Gasteiger partial charge in [-0.15, -0.1) is 0 Å². The Bertz CT molecular complexity index is 351. The molecule has 0 saturated carbocycles. The van der Waals surface area contributed by atoms with Crippen molar-refractivity contribution < 1.29 is 14.3 Å². The summed E-state index contributed by atoms with van der Waals surface area (Å²) in [6, 6.07) is 0. The molecule has 0 rings (SSSR count). The zero-order valence-corrected chi connectivity index (χ0v) is 19.1. The zero-order chi connectivity index (χ0) is 20.9. The average Bonchev–Trinajstić information content (AvgIpc) is 2.68. The van der Waals surface area contributed by atoms with Crippen molar-refractivity contribution in [2.75, 3.05) is 19.7 Å². The number of esters is 1. The van der Waals surface area contributed by atoms with Crippen molar-refractivity contribution in [1.29, 1.82) is 0 Å². The van der Waals surface area contributed by atoms with Crippen LogP contribution in [0.3, 0.4) is 0 Å². The van der Waals surface area contributed by atoms with E-state index >= 15 is 0 Å². The number of ether oxygens (including phenoxy) is 1. The molecule has 0 atom stereocenters. The molecular weight excluding hydrogens is 350 g/mol. The number of hydrogen-bond donors (Lipinski definition) is 0. The summed E-state index contributed by atoms with van der Waals surface area (Å²) in [6.07, 6.45) is 20.2. The van der Waals surface area contributed by atoms with E-state index in [1.165, 1.54) is 96.8 Å². The van der Waals surface area contributed by atoms with Crippen LogP contribution in [0.1, 0.15) is 124 Å². The Morgan fingerprint density at radius 1 is 0.607 bits per heavy atom. The molecule has 0 bridgehead atoms. The van der Waals surface area contributed by atoms with Gasteiger partial charge in [-0.05, 0) is 12.8 Å². The van der Waals surface area contributed by atoms with Gasteiger partial charge in [-0.2, -0.15) is 0 Å². The Morgan fingerprint density at radius 2 is 0.964 bits per heavy atom. The molecule has 0 radical (unpaired) electrons. The number of carbonyl (C=O) groups is 2. The Kier molecular flexibility index (Phi) is 19.9. The summed E-state index contributed by atoms with van der Waals surface area (Å²) in [5, 5.41) is 0. The fourth-order valence-corrected chi connectivity index (χ4v) is 3.49. The maximum atomic E-state index is 12.4. The van der Waals surface area contributed by atoms with Crippen LogP contribution in [0, 0.1) is 0 Å². The molecular formula is C24H47NO3. The van der Waals surface area contributed by atoms with E-state index in [0.717, 1.165) is 25.9 Å². The van der Waals surface area contributed by atoms with E-state index in [0.29, 0.717) is 0 Å². The fraction of sp³-hybridized carbons (Fsp3) is 0.917. The van der Waals surface area contributed by atoms with Gasteiger partial charge in [-0.1, -0.05) is 104 Å². The predicted octanol–water partition coefficient (Wildman–Crippen LogP) is 6.66. The van der Waals surface area contributed by atoms with Crippen LogP contribution in [-0.2, 0) is 14.3 Å². The largest absolute Gasteiger partial charge is 0.456 e. The lowest BCUT2D eigenvalue weighted by Gasteiger charge is -2.22. The van der Waals surface area contributed by atoms with Crippen LogP contribution < -0.4 is 0 Å². The van der Waals surface area contributed by atoms with Crippen molar-refractivity contribution in [3.63, 3.8) is 0 Å². The Morgan fingerprint density at radius 3 is 1.32 bits per heavy atom. The maximum Gasteiger partial charge on any atom is 0.303 e. The van der Waals surface area contributed by atoms with Gasteiger partial charge in [0.15, 0.2) is 6.61 Å². The van der Waals surface area contributed by atoms with E-state index in [-0.39, 0.29) is 18.5 Å². The third kappa shape index (κ3) is 18.3. The Hall–Kier alpha value is -1.06. The highest BCUT2D eigenvalue weighted by Gasteiger charge is 2.14. The van der Waals surface area contributed by atoms with Crippen molar-refractivity contribution in [2.45, 2.75) is 124 Å². The van der Waals surface area contributed by atoms with Crippen LogP contribution >= 0.6 is 0 Å². The molecule has 166 valence electrons. The molecule has 0 aliphatic heterocycles. The van der Waals surface area contributed by atoms with Crippen molar-refractivity contribution in [1.82, 2.24) is 4.90 Å². The van der Waals surface area contributed by atoms with Gasteiger partial charge in [0.25, 0.3) is 5.91 Å². The molecule has 1 amide bonds. The molecule has 0 fully saturated rings. The van der Waals surface area contributed by atoms with Gasteiger partial charge in [0.05, 0.1) is 0 Å². The number of nitrogens with zero attached hydrogens (tertiary/aromatic N) is 1. The van der Waals surface area contributed by atoms with Crippen LogP contribution in [0.2, 0.25) is 0 Å². The average molecular weight is 398 g/mol. The summed E-state index contributed by atoms with van der Waals surface area (Å²) in [6.45, 7) is 7.33. The summed E-state index contributed by atoms with van der Waals surface area (Å²) >= 11 is 0. The first kappa shape index (κ1) is 26.9. The van der Waals surface area contributed by atoms with E-state index in [9.17, 15) is 9.59 Å². The molecule has 0 aromatic carbocycles. The topological polar surface area (TPSA) is 46.6 Å². The van der Waals surface area contributed by atoms with Crippen LogP contribution in [-0.4, -0.2) is 36.5 Å². The van der Waals surface area contributed by atoms with Crippen molar-refractivity contribution in [3.05, 3.63) is 0 Å². The van der Waals surface area contributed by atoms with Gasteiger partial charge in [-0.25, -0.2) is 0 Å². The van der Waals surface area contributed by atoms with E-state index in [1.807, 2.05) is 4.90 Å². The summed E-state index contributed by atoms with van der Waals surface area (Å²) in [7, 11) is 0. The predicted molar refractivity (Wildman–Crippen MR) is 118 cm³/mol. The first-order chi connectivity index (χ1) is 13.6. The normalized spacial score (nSPS) is 10.8. The summed E-state index contributed by atoms with van der Waals surface area (Å²) in [5.41, 5.74) is 0. The number of rotatable bonds is 20. The van der Waals surface area contributed by atoms with Crippen LogP contribution in [0.15, 0.2) is 0 Å². The van der Waals surface area contributed by atoms with E-state index < -0.39 is 0 Å². The van der Waals surface area contributed by atoms with Gasteiger partial charge < -0.3 is 9.64 Å². The van der Waals surface area contributed by atoms with Crippen LogP contribution in [0.5, 0.6) is 0 Å². The van der Waals surface area contributed by atoms with Gasteiger partial charge in [0, 0.05) is 20.0 Å². The lowest BCUT2D eigenvalue weighted by atomic mass is 10.1. The second-order valence-corrected chi connectivity index (χ2v) is 8.11. The molecule has 0 saturated heterocycles. The van der Waals surface area contributed by atoms with Crippen LogP contribution in [0.25, 0.3) is 0 Å². The van der Waals surface area contributed by atoms with Crippen LogP contribution in [0.4, 0.5) is 0 Å². The van der Waals surface area contributed by atoms with E-state index in [4.69, 9.17) is 4.74 Å². The molecule has 4 heteroatoms. The second-order valence-electron chi connectivity index (χ2n) is 8.11. The van der Waals surface area contributed by atoms with E-state index in [2.05, 4.69) is 13.8 Å². The zero-order valence-electron chi connectivity index (χ0n) is 19.1. The Balaban J connectivity index is 3.97. The summed E-state index contributed by atoms with van der Waals surface area (Å²) < 4.78 is 4.92. The number of carbonyl (C=O) groups excluding carboxylic acids is 2. The van der Waals surface area contributed by atoms with Gasteiger partial charge in [0.1, 0.15) is 0 Å². The van der Waals surface area contributed by atoms with Crippen molar-refractivity contribution in [3.8, 4) is 0 Å². The highest BCUT2D eigenvalue weighted by molar-refractivity contribution is 5.80. The molecule has 0 unspecified atom stereocenters. The summed E-state index contributed by atoms with van der Waals surface area (Å²) in [4.78, 5) is 25.3. The molecule has 0 aliphatic carbocycles. The minimum atomic E-state index is -0.382. The van der Waals surface area contributed by atoms with Gasteiger partial charge in [0.2, 0.25) is 0 Å². The molecule has 0 spiro atoms. The number of unbranched alkanes of at least 4 members (excludes halogenated alkanes) is 14. The minimum absolute atomic E-state index is 0.0407. The highest BCUT2D eigenvalue weighted by Crippen LogP contribution is 2.11. The van der Waals surface area contributed by atoms with Crippen molar-refractivity contribution >= 4 is 11.9 Å². The quantitative estimate of drug-likeness (QED) is 0.170. The smallest absolute Gasteiger partial charge is 0.303 e. The number of amides is 1. The van der Waals surface area contributed by atoms with E-state index in [1.54, 1.807) is 0 Å². The van der Waals surface area contributed by atoms with Gasteiger partial charge >= 0.3 is 5.97 Å².